The average molecular weight is 377 g/mol. The van der Waals surface area contributed by atoms with Gasteiger partial charge in [0.15, 0.2) is 5.76 Å². The van der Waals surface area contributed by atoms with Crippen molar-refractivity contribution in [3.05, 3.63) is 53.5 Å². The first kappa shape index (κ1) is 18.3. The molecule has 9 heteroatoms. The van der Waals surface area contributed by atoms with Crippen LogP contribution in [0.3, 0.4) is 0 Å². The van der Waals surface area contributed by atoms with Crippen molar-refractivity contribution in [1.29, 1.82) is 0 Å². The van der Waals surface area contributed by atoms with Gasteiger partial charge in [-0.2, -0.15) is 4.72 Å². The lowest BCUT2D eigenvalue weighted by atomic mass is 10.2. The fourth-order valence-electron chi connectivity index (χ4n) is 2.41. The molecule has 0 aliphatic carbocycles. The van der Waals surface area contributed by atoms with Gasteiger partial charge >= 0.3 is 0 Å². The highest BCUT2D eigenvalue weighted by molar-refractivity contribution is 7.89. The first-order chi connectivity index (χ1) is 12.4. The van der Waals surface area contributed by atoms with E-state index in [4.69, 9.17) is 13.7 Å². The molecule has 3 aromatic heterocycles. The van der Waals surface area contributed by atoms with E-state index in [1.54, 1.807) is 31.3 Å². The van der Waals surface area contributed by atoms with E-state index < -0.39 is 16.1 Å². The number of rotatable bonds is 7. The van der Waals surface area contributed by atoms with E-state index in [2.05, 4.69) is 14.9 Å². The van der Waals surface area contributed by atoms with E-state index in [1.807, 2.05) is 6.92 Å². The number of aryl methyl sites for hydroxylation is 1. The Balaban J connectivity index is 1.87. The summed E-state index contributed by atoms with van der Waals surface area (Å²) in [6.07, 6.45) is 1.59. The molecular formula is C17H19N3O5S. The molecule has 3 heterocycles. The van der Waals surface area contributed by atoms with E-state index in [0.29, 0.717) is 22.9 Å². The van der Waals surface area contributed by atoms with Gasteiger partial charge in [0.05, 0.1) is 24.0 Å². The number of hydrogen-bond acceptors (Lipinski definition) is 7. The molecule has 0 spiro atoms. The maximum atomic E-state index is 12.7. The van der Waals surface area contributed by atoms with Crippen molar-refractivity contribution < 1.29 is 22.1 Å². The molecule has 0 saturated heterocycles. The Kier molecular flexibility index (Phi) is 5.21. The van der Waals surface area contributed by atoms with Crippen LogP contribution in [-0.2, 0) is 14.8 Å². The molecule has 1 atom stereocenters. The summed E-state index contributed by atoms with van der Waals surface area (Å²) < 4.78 is 43.8. The predicted octanol–water partition coefficient (Wildman–Crippen LogP) is 2.61. The maximum Gasteiger partial charge on any atom is 0.274 e. The minimum atomic E-state index is -3.92. The van der Waals surface area contributed by atoms with E-state index in [0.717, 1.165) is 5.56 Å². The van der Waals surface area contributed by atoms with E-state index in [1.165, 1.54) is 19.2 Å². The van der Waals surface area contributed by atoms with Crippen LogP contribution in [0.2, 0.25) is 0 Å². The Morgan fingerprint density at radius 2 is 2.04 bits per heavy atom. The number of nitrogens with zero attached hydrogens (tertiary/aromatic N) is 2. The Hall–Kier alpha value is -2.49. The number of sulfonamides is 1. The molecule has 138 valence electrons. The normalized spacial score (nSPS) is 13.0. The average Bonchev–Trinajstić information content (AvgIpc) is 3.24. The molecule has 0 aromatic carbocycles. The predicted molar refractivity (Wildman–Crippen MR) is 92.9 cm³/mol. The molecule has 1 unspecified atom stereocenters. The quantitative estimate of drug-likeness (QED) is 0.674. The van der Waals surface area contributed by atoms with Crippen LogP contribution in [-0.4, -0.2) is 32.3 Å². The van der Waals surface area contributed by atoms with Crippen molar-refractivity contribution in [2.75, 3.05) is 13.7 Å². The summed E-state index contributed by atoms with van der Waals surface area (Å²) in [5.74, 6) is 0.701. The lowest BCUT2D eigenvalue weighted by molar-refractivity contribution is 0.174. The zero-order chi connectivity index (χ0) is 18.7. The third-order valence-corrected chi connectivity index (χ3v) is 5.25. The van der Waals surface area contributed by atoms with Gasteiger partial charge in [0.2, 0.25) is 10.9 Å². The molecule has 0 aliphatic heterocycles. The number of pyridine rings is 1. The number of furan rings is 1. The van der Waals surface area contributed by atoms with Crippen molar-refractivity contribution >= 4 is 10.0 Å². The summed E-state index contributed by atoms with van der Waals surface area (Å²) in [6.45, 7) is 3.75. The topological polar surface area (TPSA) is 107 Å². The molecule has 26 heavy (non-hydrogen) atoms. The minimum absolute atomic E-state index is 0.129. The molecule has 3 rings (SSSR count). The van der Waals surface area contributed by atoms with Gasteiger partial charge in [-0.05, 0) is 38.1 Å². The highest BCUT2D eigenvalue weighted by atomic mass is 32.2. The molecule has 0 bridgehead atoms. The van der Waals surface area contributed by atoms with Crippen LogP contribution in [0.5, 0.6) is 0 Å². The smallest absolute Gasteiger partial charge is 0.274 e. The third kappa shape index (κ3) is 3.69. The second kappa shape index (κ2) is 7.40. The van der Waals surface area contributed by atoms with Crippen LogP contribution in [0.1, 0.15) is 23.0 Å². The zero-order valence-electron chi connectivity index (χ0n) is 14.6. The van der Waals surface area contributed by atoms with Crippen LogP contribution < -0.4 is 4.72 Å². The Labute approximate surface area is 151 Å². The fraction of sp³-hybridized carbons (Fsp3) is 0.294. The van der Waals surface area contributed by atoms with Crippen molar-refractivity contribution in [3.63, 3.8) is 0 Å². The molecule has 0 saturated carbocycles. The summed E-state index contributed by atoms with van der Waals surface area (Å²) in [5.41, 5.74) is 2.06. The summed E-state index contributed by atoms with van der Waals surface area (Å²) in [5, 5.41) is 3.63. The number of methoxy groups -OCH3 is 1. The van der Waals surface area contributed by atoms with Crippen molar-refractivity contribution in [2.24, 2.45) is 0 Å². The van der Waals surface area contributed by atoms with Gasteiger partial charge in [0.1, 0.15) is 0 Å². The lowest BCUT2D eigenvalue weighted by Gasteiger charge is -2.16. The summed E-state index contributed by atoms with van der Waals surface area (Å²) in [4.78, 5) is 4.18. The molecule has 0 radical (unpaired) electrons. The van der Waals surface area contributed by atoms with Gasteiger partial charge in [-0.25, -0.2) is 8.42 Å². The van der Waals surface area contributed by atoms with Crippen molar-refractivity contribution in [2.45, 2.75) is 25.0 Å². The first-order valence-corrected chi connectivity index (χ1v) is 9.36. The van der Waals surface area contributed by atoms with Crippen LogP contribution in [0.15, 0.2) is 50.6 Å². The first-order valence-electron chi connectivity index (χ1n) is 7.87. The van der Waals surface area contributed by atoms with Gasteiger partial charge in [-0.1, -0.05) is 11.2 Å². The second-order valence-corrected chi connectivity index (χ2v) is 7.37. The Morgan fingerprint density at radius 1 is 1.23 bits per heavy atom. The molecule has 1 N–H and O–H groups in total. The molecule has 0 fully saturated rings. The summed E-state index contributed by atoms with van der Waals surface area (Å²) >= 11 is 0. The van der Waals surface area contributed by atoms with Crippen LogP contribution in [0, 0.1) is 13.8 Å². The van der Waals surface area contributed by atoms with Crippen molar-refractivity contribution in [3.8, 4) is 11.5 Å². The van der Waals surface area contributed by atoms with Crippen LogP contribution >= 0.6 is 0 Å². The van der Waals surface area contributed by atoms with Crippen LogP contribution in [0.4, 0.5) is 0 Å². The van der Waals surface area contributed by atoms with E-state index >= 15 is 0 Å². The second-order valence-electron chi connectivity index (χ2n) is 5.72. The van der Waals surface area contributed by atoms with Crippen molar-refractivity contribution in [1.82, 2.24) is 14.9 Å². The molecular weight excluding hydrogens is 358 g/mol. The lowest BCUT2D eigenvalue weighted by Crippen LogP contribution is -2.31. The molecule has 0 amide bonds. The van der Waals surface area contributed by atoms with E-state index in [9.17, 15) is 8.42 Å². The molecule has 0 aliphatic rings. The van der Waals surface area contributed by atoms with Gasteiger partial charge < -0.3 is 13.7 Å². The largest absolute Gasteiger partial charge is 0.440 e. The third-order valence-electron chi connectivity index (χ3n) is 3.90. The maximum absolute atomic E-state index is 12.7. The Bertz CT molecular complexity index is 979. The van der Waals surface area contributed by atoms with E-state index in [-0.39, 0.29) is 11.7 Å². The standard InChI is InChI=1S/C17H19N3O5S/c1-11-12(2)19-25-17(11)15-7-8-16(24-15)26(21,22)20-14(10-23-3)13-6-4-5-9-18-13/h4-9,14,20H,10H2,1-3H3. The van der Waals surface area contributed by atoms with Gasteiger partial charge in [-0.15, -0.1) is 0 Å². The number of nitrogens with one attached hydrogen (secondary N) is 1. The Morgan fingerprint density at radius 3 is 2.65 bits per heavy atom. The highest BCUT2D eigenvalue weighted by Crippen LogP contribution is 2.29. The molecule has 8 nitrogen and oxygen atoms in total. The zero-order valence-corrected chi connectivity index (χ0v) is 15.4. The fourth-order valence-corrected chi connectivity index (χ4v) is 3.53. The highest BCUT2D eigenvalue weighted by Gasteiger charge is 2.26. The van der Waals surface area contributed by atoms with Gasteiger partial charge in [-0.3, -0.25) is 4.98 Å². The number of hydrogen-bond donors (Lipinski definition) is 1. The summed E-state index contributed by atoms with van der Waals surface area (Å²) in [6, 6.07) is 7.52. The monoisotopic (exact) mass is 377 g/mol. The minimum Gasteiger partial charge on any atom is -0.440 e. The van der Waals surface area contributed by atoms with Gasteiger partial charge in [0.25, 0.3) is 10.0 Å². The molecule has 3 aromatic rings. The summed E-state index contributed by atoms with van der Waals surface area (Å²) in [7, 11) is -2.43. The van der Waals surface area contributed by atoms with Gasteiger partial charge in [0, 0.05) is 18.9 Å². The SMILES string of the molecule is COCC(NS(=O)(=O)c1ccc(-c2onc(C)c2C)o1)c1ccccn1. The van der Waals surface area contributed by atoms with Crippen LogP contribution in [0.25, 0.3) is 11.5 Å². The number of aromatic nitrogens is 2. The number of ether oxygens (including phenoxy) is 1.